The van der Waals surface area contributed by atoms with Gasteiger partial charge in [-0.3, -0.25) is 0 Å². The van der Waals surface area contributed by atoms with Crippen molar-refractivity contribution in [3.63, 3.8) is 0 Å². The zero-order chi connectivity index (χ0) is 18.9. The zero-order valence-corrected chi connectivity index (χ0v) is 15.7. The molecule has 0 bridgehead atoms. The fourth-order valence-corrected chi connectivity index (χ4v) is 7.18. The number of rotatable bonds is 2. The SMILES string of the molecule is C[C@]12C=CCC=C1[C@H](O)[C@H](O)[C@@H]1[C@@H]2[C@@H](O)C[C@@]2(C)[C@H]1CC[C@]2(O)CCO. The summed E-state index contributed by atoms with van der Waals surface area (Å²) in [4.78, 5) is 0. The highest BCUT2D eigenvalue weighted by Gasteiger charge is 2.68. The third-order valence-electron chi connectivity index (χ3n) is 8.49. The van der Waals surface area contributed by atoms with Crippen LogP contribution in [0.15, 0.2) is 23.8 Å². The summed E-state index contributed by atoms with van der Waals surface area (Å²) in [5.74, 6) is -0.458. The van der Waals surface area contributed by atoms with Gasteiger partial charge < -0.3 is 25.5 Å². The van der Waals surface area contributed by atoms with E-state index < -0.39 is 34.7 Å². The van der Waals surface area contributed by atoms with E-state index in [0.717, 1.165) is 18.4 Å². The minimum Gasteiger partial charge on any atom is -0.396 e. The van der Waals surface area contributed by atoms with Crippen LogP contribution < -0.4 is 0 Å². The van der Waals surface area contributed by atoms with Gasteiger partial charge in [-0.1, -0.05) is 32.1 Å². The van der Waals surface area contributed by atoms with E-state index in [1.165, 1.54) is 0 Å². The maximum atomic E-state index is 11.3. The molecule has 26 heavy (non-hydrogen) atoms. The van der Waals surface area contributed by atoms with Gasteiger partial charge in [0.05, 0.1) is 17.8 Å². The van der Waals surface area contributed by atoms with Crippen molar-refractivity contribution in [2.24, 2.45) is 28.6 Å². The Bertz CT molecular complexity index is 644. The second-order valence-corrected chi connectivity index (χ2v) is 9.46. The first kappa shape index (κ1) is 18.6. The lowest BCUT2D eigenvalue weighted by Gasteiger charge is -2.62. The molecule has 0 heterocycles. The van der Waals surface area contributed by atoms with E-state index in [0.29, 0.717) is 12.8 Å². The summed E-state index contributed by atoms with van der Waals surface area (Å²) in [5.41, 5.74) is -1.27. The van der Waals surface area contributed by atoms with E-state index in [-0.39, 0.29) is 30.8 Å². The van der Waals surface area contributed by atoms with Gasteiger partial charge >= 0.3 is 0 Å². The number of aliphatic hydroxyl groups excluding tert-OH is 4. The van der Waals surface area contributed by atoms with Crippen LogP contribution in [0.1, 0.15) is 46.0 Å². The molecule has 5 heteroatoms. The van der Waals surface area contributed by atoms with Gasteiger partial charge in [-0.2, -0.15) is 0 Å². The molecule has 5 nitrogen and oxygen atoms in total. The third-order valence-corrected chi connectivity index (χ3v) is 8.49. The largest absolute Gasteiger partial charge is 0.396 e. The van der Waals surface area contributed by atoms with Crippen molar-refractivity contribution in [2.45, 2.75) is 69.9 Å². The number of aliphatic hydroxyl groups is 5. The molecular weight excluding hydrogens is 332 g/mol. The molecule has 5 N–H and O–H groups in total. The summed E-state index contributed by atoms with van der Waals surface area (Å²) in [6.07, 6.45) is 6.36. The molecule has 0 saturated heterocycles. The Balaban J connectivity index is 1.80. The van der Waals surface area contributed by atoms with Crippen molar-refractivity contribution in [2.75, 3.05) is 6.61 Å². The van der Waals surface area contributed by atoms with Crippen molar-refractivity contribution in [1.29, 1.82) is 0 Å². The van der Waals surface area contributed by atoms with Gasteiger partial charge in [0.25, 0.3) is 0 Å². The van der Waals surface area contributed by atoms with Gasteiger partial charge in [0, 0.05) is 23.4 Å². The van der Waals surface area contributed by atoms with Crippen LogP contribution in [0.25, 0.3) is 0 Å². The zero-order valence-electron chi connectivity index (χ0n) is 15.7. The monoisotopic (exact) mass is 364 g/mol. The Morgan fingerprint density at radius 3 is 2.62 bits per heavy atom. The van der Waals surface area contributed by atoms with E-state index in [2.05, 4.69) is 19.1 Å². The lowest BCUT2D eigenvalue weighted by atomic mass is 9.45. The molecule has 0 amide bonds. The topological polar surface area (TPSA) is 101 Å². The Morgan fingerprint density at radius 2 is 1.92 bits per heavy atom. The smallest absolute Gasteiger partial charge is 0.102 e. The third kappa shape index (κ3) is 2.15. The first-order chi connectivity index (χ1) is 12.2. The molecule has 0 aliphatic heterocycles. The fourth-order valence-electron chi connectivity index (χ4n) is 7.18. The Labute approximate surface area is 155 Å². The summed E-state index contributed by atoms with van der Waals surface area (Å²) in [7, 11) is 0. The lowest BCUT2D eigenvalue weighted by Crippen LogP contribution is -2.65. The molecule has 0 aromatic carbocycles. The predicted octanol–water partition coefficient (Wildman–Crippen LogP) is 1.14. The van der Waals surface area contributed by atoms with E-state index in [9.17, 15) is 25.5 Å². The first-order valence-corrected chi connectivity index (χ1v) is 9.95. The first-order valence-electron chi connectivity index (χ1n) is 9.95. The van der Waals surface area contributed by atoms with E-state index in [4.69, 9.17) is 0 Å². The average Bonchev–Trinajstić information content (AvgIpc) is 2.83. The second kappa shape index (κ2) is 5.89. The molecule has 3 saturated carbocycles. The molecule has 9 atom stereocenters. The predicted molar refractivity (Wildman–Crippen MR) is 97.0 cm³/mol. The van der Waals surface area contributed by atoms with Gasteiger partial charge in [0.2, 0.25) is 0 Å². The normalized spacial score (nSPS) is 55.7. The van der Waals surface area contributed by atoms with Gasteiger partial charge in [0.15, 0.2) is 0 Å². The van der Waals surface area contributed by atoms with Crippen molar-refractivity contribution < 1.29 is 25.5 Å². The molecule has 3 fully saturated rings. The van der Waals surface area contributed by atoms with Crippen molar-refractivity contribution in [1.82, 2.24) is 0 Å². The quantitative estimate of drug-likeness (QED) is 0.473. The highest BCUT2D eigenvalue weighted by Crippen LogP contribution is 2.67. The summed E-state index contributed by atoms with van der Waals surface area (Å²) in [5, 5.41) is 53.8. The van der Waals surface area contributed by atoms with Gasteiger partial charge in [-0.25, -0.2) is 0 Å². The van der Waals surface area contributed by atoms with E-state index in [1.807, 2.05) is 13.0 Å². The molecular formula is C21H32O5. The molecule has 146 valence electrons. The van der Waals surface area contributed by atoms with Crippen molar-refractivity contribution in [3.8, 4) is 0 Å². The fraction of sp³-hybridized carbons (Fsp3) is 0.810. The van der Waals surface area contributed by atoms with Crippen LogP contribution in [0, 0.1) is 28.6 Å². The molecule has 4 aliphatic rings. The van der Waals surface area contributed by atoms with Gasteiger partial charge in [-0.05, 0) is 49.5 Å². The molecule has 0 radical (unpaired) electrons. The summed E-state index contributed by atoms with van der Waals surface area (Å²) >= 11 is 0. The highest BCUT2D eigenvalue weighted by molar-refractivity contribution is 5.37. The maximum absolute atomic E-state index is 11.3. The van der Waals surface area contributed by atoms with Crippen LogP contribution in [-0.4, -0.2) is 56.1 Å². The van der Waals surface area contributed by atoms with Crippen LogP contribution >= 0.6 is 0 Å². The molecule has 0 aromatic rings. The lowest BCUT2D eigenvalue weighted by molar-refractivity contribution is -0.204. The molecule has 0 spiro atoms. The van der Waals surface area contributed by atoms with Gasteiger partial charge in [0.1, 0.15) is 6.10 Å². The van der Waals surface area contributed by atoms with E-state index >= 15 is 0 Å². The molecule has 0 unspecified atom stereocenters. The standard InChI is InChI=1S/C21H32O5/c1-19-7-4-3-5-13(19)17(24)18(25)15-12-6-8-21(26,9-10-22)20(12,2)11-14(23)16(15)19/h4-5,7,12,14-18,22-26H,3,6,8-11H2,1-2H3/t12-,14-,15-,16-,17-,18+,19-,20-,21-/m0/s1. The molecule has 4 aliphatic carbocycles. The second-order valence-electron chi connectivity index (χ2n) is 9.46. The van der Waals surface area contributed by atoms with Crippen LogP contribution in [0.5, 0.6) is 0 Å². The van der Waals surface area contributed by atoms with Crippen molar-refractivity contribution in [3.05, 3.63) is 23.8 Å². The Kier molecular flexibility index (Phi) is 4.22. The van der Waals surface area contributed by atoms with Crippen LogP contribution in [0.2, 0.25) is 0 Å². The minimum atomic E-state index is -1.04. The van der Waals surface area contributed by atoms with Gasteiger partial charge in [-0.15, -0.1) is 0 Å². The number of fused-ring (bicyclic) bond motifs is 5. The maximum Gasteiger partial charge on any atom is 0.102 e. The number of hydrogen-bond donors (Lipinski definition) is 5. The van der Waals surface area contributed by atoms with Crippen LogP contribution in [-0.2, 0) is 0 Å². The highest BCUT2D eigenvalue weighted by atomic mass is 16.3. The summed E-state index contributed by atoms with van der Waals surface area (Å²) in [6.45, 7) is 3.95. The summed E-state index contributed by atoms with van der Waals surface area (Å²) < 4.78 is 0. The summed E-state index contributed by atoms with van der Waals surface area (Å²) in [6, 6.07) is 0. The number of hydrogen-bond acceptors (Lipinski definition) is 5. The Morgan fingerprint density at radius 1 is 1.19 bits per heavy atom. The Hall–Kier alpha value is -0.720. The molecule has 0 aromatic heterocycles. The minimum absolute atomic E-state index is 0.00537. The van der Waals surface area contributed by atoms with Crippen molar-refractivity contribution >= 4 is 0 Å². The average molecular weight is 364 g/mol. The number of allylic oxidation sites excluding steroid dienone is 3. The van der Waals surface area contributed by atoms with E-state index in [1.54, 1.807) is 0 Å². The van der Waals surface area contributed by atoms with Crippen LogP contribution in [0.4, 0.5) is 0 Å². The molecule has 4 rings (SSSR count). The van der Waals surface area contributed by atoms with Crippen LogP contribution in [0.3, 0.4) is 0 Å².